The average Bonchev–Trinajstić information content (AvgIpc) is 2.51. The third kappa shape index (κ3) is 4.78. The van der Waals surface area contributed by atoms with Crippen LogP contribution >= 0.6 is 11.6 Å². The quantitative estimate of drug-likeness (QED) is 0.853. The van der Waals surface area contributed by atoms with Crippen LogP contribution in [-0.4, -0.2) is 12.0 Å². The topological polar surface area (TPSA) is 38.3 Å². The van der Waals surface area contributed by atoms with Gasteiger partial charge in [-0.3, -0.25) is 4.79 Å². The number of hydrogen-bond donors (Lipinski definition) is 1. The molecule has 1 amide bonds. The normalized spacial score (nSPS) is 10.8. The molecule has 0 aliphatic heterocycles. The van der Waals surface area contributed by atoms with Gasteiger partial charge in [0.25, 0.3) is 5.91 Å². The van der Waals surface area contributed by atoms with E-state index in [9.17, 15) is 9.18 Å². The Labute approximate surface area is 140 Å². The van der Waals surface area contributed by atoms with E-state index < -0.39 is 11.7 Å². The molecule has 23 heavy (non-hydrogen) atoms. The summed E-state index contributed by atoms with van der Waals surface area (Å²) in [6.07, 6.45) is 0.120. The molecule has 0 atom stereocenters. The van der Waals surface area contributed by atoms with Crippen molar-refractivity contribution in [1.82, 2.24) is 5.32 Å². The molecule has 2 aromatic carbocycles. The fraction of sp³-hybridized carbons (Fsp3) is 0.278. The Morgan fingerprint density at radius 2 is 1.87 bits per heavy atom. The number of benzene rings is 2. The Morgan fingerprint density at radius 1 is 1.17 bits per heavy atom. The average molecular weight is 336 g/mol. The third-order valence-corrected chi connectivity index (χ3v) is 3.63. The molecule has 0 heterocycles. The number of amides is 1. The minimum atomic E-state index is -0.633. The smallest absolute Gasteiger partial charge is 0.256 e. The summed E-state index contributed by atoms with van der Waals surface area (Å²) in [5, 5.41) is 2.80. The Kier molecular flexibility index (Phi) is 6.13. The highest BCUT2D eigenvalue weighted by molar-refractivity contribution is 6.33. The van der Waals surface area contributed by atoms with E-state index >= 15 is 0 Å². The van der Waals surface area contributed by atoms with Crippen LogP contribution in [0.15, 0.2) is 42.5 Å². The van der Waals surface area contributed by atoms with Gasteiger partial charge in [-0.05, 0) is 37.1 Å². The summed E-state index contributed by atoms with van der Waals surface area (Å²) in [7, 11) is 0. The van der Waals surface area contributed by atoms with Gasteiger partial charge >= 0.3 is 0 Å². The van der Waals surface area contributed by atoms with Crippen LogP contribution in [-0.2, 0) is 17.9 Å². The van der Waals surface area contributed by atoms with Crippen molar-refractivity contribution in [2.45, 2.75) is 33.1 Å². The van der Waals surface area contributed by atoms with Crippen LogP contribution in [0.5, 0.6) is 0 Å². The number of rotatable bonds is 6. The number of carbonyl (C=O) groups is 1. The van der Waals surface area contributed by atoms with Crippen molar-refractivity contribution >= 4 is 17.5 Å². The highest BCUT2D eigenvalue weighted by atomic mass is 35.5. The predicted octanol–water partition coefficient (Wildman–Crippen LogP) is 4.33. The zero-order valence-corrected chi connectivity index (χ0v) is 13.9. The van der Waals surface area contributed by atoms with Gasteiger partial charge in [0.1, 0.15) is 5.82 Å². The summed E-state index contributed by atoms with van der Waals surface area (Å²) in [6.45, 7) is 4.67. The second kappa shape index (κ2) is 8.09. The van der Waals surface area contributed by atoms with Gasteiger partial charge in [-0.25, -0.2) is 4.39 Å². The van der Waals surface area contributed by atoms with E-state index in [4.69, 9.17) is 16.3 Å². The van der Waals surface area contributed by atoms with Crippen LogP contribution in [0, 0.1) is 5.82 Å². The summed E-state index contributed by atoms with van der Waals surface area (Å²) in [5.41, 5.74) is 1.78. The highest BCUT2D eigenvalue weighted by Gasteiger charge is 2.15. The molecule has 0 saturated carbocycles. The van der Waals surface area contributed by atoms with E-state index in [-0.39, 0.29) is 23.2 Å². The lowest BCUT2D eigenvalue weighted by atomic mass is 10.1. The first-order valence-electron chi connectivity index (χ1n) is 7.39. The molecule has 0 unspecified atom stereocenters. The molecule has 0 spiro atoms. The molecule has 122 valence electrons. The van der Waals surface area contributed by atoms with Gasteiger partial charge in [-0.1, -0.05) is 41.9 Å². The van der Waals surface area contributed by atoms with Crippen molar-refractivity contribution in [2.24, 2.45) is 0 Å². The second-order valence-electron chi connectivity index (χ2n) is 5.41. The SMILES string of the molecule is CC(C)OCc1ccccc1CNC(=O)c1c(F)cccc1Cl. The van der Waals surface area contributed by atoms with Crippen LogP contribution < -0.4 is 5.32 Å². The van der Waals surface area contributed by atoms with E-state index in [1.165, 1.54) is 18.2 Å². The molecular weight excluding hydrogens is 317 g/mol. The lowest BCUT2D eigenvalue weighted by molar-refractivity contribution is 0.0651. The number of hydrogen-bond acceptors (Lipinski definition) is 2. The van der Waals surface area contributed by atoms with Crippen molar-refractivity contribution in [3.63, 3.8) is 0 Å². The zero-order chi connectivity index (χ0) is 16.8. The van der Waals surface area contributed by atoms with E-state index in [1.54, 1.807) is 0 Å². The summed E-state index contributed by atoms with van der Waals surface area (Å²) in [6, 6.07) is 11.8. The first-order chi connectivity index (χ1) is 11.0. The molecule has 2 rings (SSSR count). The largest absolute Gasteiger partial charge is 0.374 e. The monoisotopic (exact) mass is 335 g/mol. The maximum Gasteiger partial charge on any atom is 0.256 e. The highest BCUT2D eigenvalue weighted by Crippen LogP contribution is 2.19. The van der Waals surface area contributed by atoms with E-state index in [2.05, 4.69) is 5.32 Å². The first-order valence-corrected chi connectivity index (χ1v) is 7.77. The van der Waals surface area contributed by atoms with Crippen molar-refractivity contribution in [3.05, 3.63) is 70.0 Å². The van der Waals surface area contributed by atoms with Gasteiger partial charge in [0.2, 0.25) is 0 Å². The summed E-state index contributed by atoms with van der Waals surface area (Å²) in [4.78, 5) is 12.2. The Hall–Kier alpha value is -1.91. The van der Waals surface area contributed by atoms with E-state index in [0.717, 1.165) is 11.1 Å². The van der Waals surface area contributed by atoms with Crippen molar-refractivity contribution in [2.75, 3.05) is 0 Å². The van der Waals surface area contributed by atoms with Gasteiger partial charge in [0, 0.05) is 6.54 Å². The molecule has 0 aromatic heterocycles. The van der Waals surface area contributed by atoms with Gasteiger partial charge < -0.3 is 10.1 Å². The van der Waals surface area contributed by atoms with Crippen LogP contribution in [0.3, 0.4) is 0 Å². The number of ether oxygens (including phenoxy) is 1. The van der Waals surface area contributed by atoms with Gasteiger partial charge in [-0.2, -0.15) is 0 Å². The summed E-state index contributed by atoms with van der Waals surface area (Å²) >= 11 is 5.90. The molecule has 0 fully saturated rings. The van der Waals surface area contributed by atoms with Crippen LogP contribution in [0.2, 0.25) is 5.02 Å². The Bertz CT molecular complexity index is 668. The summed E-state index contributed by atoms with van der Waals surface area (Å²) in [5.74, 6) is -1.17. The fourth-order valence-corrected chi connectivity index (χ4v) is 2.35. The Morgan fingerprint density at radius 3 is 2.52 bits per heavy atom. The molecule has 5 heteroatoms. The molecule has 0 aliphatic rings. The molecular formula is C18H19ClFNO2. The van der Waals surface area contributed by atoms with Crippen LogP contribution in [0.25, 0.3) is 0 Å². The van der Waals surface area contributed by atoms with Crippen molar-refractivity contribution in [1.29, 1.82) is 0 Å². The number of carbonyl (C=O) groups excluding carboxylic acids is 1. The van der Waals surface area contributed by atoms with Crippen molar-refractivity contribution in [3.8, 4) is 0 Å². The van der Waals surface area contributed by atoms with Gasteiger partial charge in [0.05, 0.1) is 23.3 Å². The summed E-state index contributed by atoms with van der Waals surface area (Å²) < 4.78 is 19.4. The van der Waals surface area contributed by atoms with E-state index in [0.29, 0.717) is 6.61 Å². The zero-order valence-electron chi connectivity index (χ0n) is 13.1. The molecule has 2 aromatic rings. The van der Waals surface area contributed by atoms with Gasteiger partial charge in [0.15, 0.2) is 0 Å². The lowest BCUT2D eigenvalue weighted by Crippen LogP contribution is -2.25. The molecule has 0 aliphatic carbocycles. The van der Waals surface area contributed by atoms with Crippen molar-refractivity contribution < 1.29 is 13.9 Å². The molecule has 0 bridgehead atoms. The predicted molar refractivity (Wildman–Crippen MR) is 88.9 cm³/mol. The van der Waals surface area contributed by atoms with E-state index in [1.807, 2.05) is 38.1 Å². The molecule has 0 saturated heterocycles. The molecule has 0 radical (unpaired) electrons. The maximum absolute atomic E-state index is 13.8. The first kappa shape index (κ1) is 17.4. The number of halogens is 2. The minimum absolute atomic E-state index is 0.0962. The van der Waals surface area contributed by atoms with Crippen LogP contribution in [0.4, 0.5) is 4.39 Å². The van der Waals surface area contributed by atoms with Crippen LogP contribution in [0.1, 0.15) is 35.3 Å². The maximum atomic E-state index is 13.8. The molecule has 1 N–H and O–H groups in total. The third-order valence-electron chi connectivity index (χ3n) is 3.32. The molecule has 3 nitrogen and oxygen atoms in total. The lowest BCUT2D eigenvalue weighted by Gasteiger charge is -2.13. The minimum Gasteiger partial charge on any atom is -0.374 e. The number of nitrogens with one attached hydrogen (secondary N) is 1. The second-order valence-corrected chi connectivity index (χ2v) is 5.82. The van der Waals surface area contributed by atoms with Gasteiger partial charge in [-0.15, -0.1) is 0 Å². The fourth-order valence-electron chi connectivity index (χ4n) is 2.11. The standard InChI is InChI=1S/C18H19ClFNO2/c1-12(2)23-11-14-7-4-3-6-13(14)10-21-18(22)17-15(19)8-5-9-16(17)20/h3-9,12H,10-11H2,1-2H3,(H,21,22). The Balaban J connectivity index is 2.07.